The second kappa shape index (κ2) is 8.65. The number of rotatable bonds is 0. The first-order chi connectivity index (χ1) is 12.7. The van der Waals surface area contributed by atoms with E-state index in [1.165, 1.54) is 0 Å². The predicted molar refractivity (Wildman–Crippen MR) is 105 cm³/mol. The number of carbonyl (C=O) groups excluding carboxylic acids is 1. The van der Waals surface area contributed by atoms with Crippen LogP contribution in [-0.2, 0) is 11.3 Å². The summed E-state index contributed by atoms with van der Waals surface area (Å²) in [6.45, 7) is 13.8. The monoisotopic (exact) mass is 400 g/mol. The van der Waals surface area contributed by atoms with Gasteiger partial charge in [-0.2, -0.15) is 0 Å². The quantitative estimate of drug-likeness (QED) is 0.636. The molecular weight excluding hydrogens is 371 g/mol. The fraction of sp³-hybridized carbons (Fsp3) is 0.650. The Morgan fingerprint density at radius 3 is 2.63 bits per heavy atom. The molecule has 1 fully saturated rings. The molecule has 1 aromatic rings. The minimum Gasteiger partial charge on any atom is -0.488 e. The van der Waals surface area contributed by atoms with Crippen molar-refractivity contribution in [3.05, 3.63) is 28.0 Å². The Bertz CT molecular complexity index is 691. The van der Waals surface area contributed by atoms with E-state index in [9.17, 15) is 9.18 Å². The van der Waals surface area contributed by atoms with E-state index in [-0.39, 0.29) is 17.9 Å². The third-order valence-electron chi connectivity index (χ3n) is 4.53. The van der Waals surface area contributed by atoms with Gasteiger partial charge < -0.3 is 14.4 Å². The van der Waals surface area contributed by atoms with Crippen molar-refractivity contribution in [2.45, 2.75) is 59.7 Å². The number of carbonyl (C=O) groups is 1. The Kier molecular flexibility index (Phi) is 6.98. The molecule has 1 atom stereocenters. The number of ether oxygens (including phenoxy) is 2. The number of fused-ring (bicyclic) bond motifs is 2. The molecule has 2 aliphatic rings. The first-order valence-electron chi connectivity index (χ1n) is 9.48. The molecule has 0 radical (unpaired) electrons. The summed E-state index contributed by atoms with van der Waals surface area (Å²) in [6.07, 6.45) is -0.320. The molecule has 0 N–H and O–H groups in total. The number of nitrogens with zero attached hydrogens (tertiary/aromatic N) is 2. The number of piperazine rings is 1. The van der Waals surface area contributed by atoms with E-state index in [1.807, 2.05) is 34.6 Å². The van der Waals surface area contributed by atoms with Crippen LogP contribution in [0.1, 0.15) is 45.7 Å². The standard InChI is InChI=1S/C18H24ClFN2O3.C2H6/c1-11-14(19)7-12-8-21-5-6-22(17(23)25-18(2,3)4)9-13(21)10-24-16(12)15(11)20;1-2/h7,13H,5-6,8-10H2,1-4H3;1-2H3. The predicted octanol–water partition coefficient (Wildman–Crippen LogP) is 4.63. The first kappa shape index (κ1) is 21.8. The molecule has 0 bridgehead atoms. The second-order valence-corrected chi connectivity index (χ2v) is 8.05. The Morgan fingerprint density at radius 2 is 2.00 bits per heavy atom. The van der Waals surface area contributed by atoms with E-state index in [0.29, 0.717) is 43.4 Å². The molecule has 1 aromatic carbocycles. The Morgan fingerprint density at radius 1 is 1.33 bits per heavy atom. The maximum atomic E-state index is 14.5. The average Bonchev–Trinajstić information content (AvgIpc) is 2.78. The van der Waals surface area contributed by atoms with Crippen molar-refractivity contribution in [2.24, 2.45) is 0 Å². The summed E-state index contributed by atoms with van der Waals surface area (Å²) >= 11 is 6.12. The molecule has 5 nitrogen and oxygen atoms in total. The largest absolute Gasteiger partial charge is 0.488 e. The summed E-state index contributed by atoms with van der Waals surface area (Å²) in [4.78, 5) is 16.2. The minimum absolute atomic E-state index is 0.00727. The van der Waals surface area contributed by atoms with Gasteiger partial charge in [0.1, 0.15) is 12.2 Å². The molecule has 27 heavy (non-hydrogen) atoms. The number of hydrogen-bond acceptors (Lipinski definition) is 4. The number of amides is 1. The highest BCUT2D eigenvalue weighted by atomic mass is 35.5. The Hall–Kier alpha value is -1.53. The lowest BCUT2D eigenvalue weighted by Gasteiger charge is -2.40. The SMILES string of the molecule is CC.Cc1c(Cl)cc2c(c1F)OCC1CN(C(=O)OC(C)(C)C)CCN1C2. The number of halogens is 2. The Labute approximate surface area is 166 Å². The zero-order valence-corrected chi connectivity index (χ0v) is 17.8. The molecule has 0 aromatic heterocycles. The molecule has 7 heteroatoms. The number of hydrogen-bond donors (Lipinski definition) is 0. The molecule has 0 saturated carbocycles. The van der Waals surface area contributed by atoms with Crippen LogP contribution in [0.15, 0.2) is 6.07 Å². The summed E-state index contributed by atoms with van der Waals surface area (Å²) in [5, 5.41) is 0.408. The van der Waals surface area contributed by atoms with Crippen molar-refractivity contribution in [1.82, 2.24) is 9.80 Å². The molecule has 1 unspecified atom stereocenters. The van der Waals surface area contributed by atoms with Crippen LogP contribution in [0.5, 0.6) is 5.75 Å². The van der Waals surface area contributed by atoms with E-state index in [4.69, 9.17) is 21.1 Å². The van der Waals surface area contributed by atoms with Gasteiger partial charge in [-0.3, -0.25) is 4.90 Å². The zero-order valence-electron chi connectivity index (χ0n) is 17.1. The lowest BCUT2D eigenvalue weighted by Crippen LogP contribution is -2.56. The fourth-order valence-electron chi connectivity index (χ4n) is 3.17. The summed E-state index contributed by atoms with van der Waals surface area (Å²) < 4.78 is 25.7. The molecule has 2 aliphatic heterocycles. The smallest absolute Gasteiger partial charge is 0.410 e. The molecular formula is C20H30ClFN2O3. The van der Waals surface area contributed by atoms with E-state index in [1.54, 1.807) is 17.9 Å². The summed E-state index contributed by atoms with van der Waals surface area (Å²) in [7, 11) is 0. The van der Waals surface area contributed by atoms with Crippen LogP contribution in [0.3, 0.4) is 0 Å². The fourth-order valence-corrected chi connectivity index (χ4v) is 3.38. The van der Waals surface area contributed by atoms with Crippen molar-refractivity contribution in [3.8, 4) is 5.75 Å². The van der Waals surface area contributed by atoms with Gasteiger partial charge in [-0.05, 0) is 33.8 Å². The molecule has 1 saturated heterocycles. The third-order valence-corrected chi connectivity index (χ3v) is 4.92. The number of benzene rings is 1. The van der Waals surface area contributed by atoms with Crippen molar-refractivity contribution in [1.29, 1.82) is 0 Å². The molecule has 0 spiro atoms. The van der Waals surface area contributed by atoms with Gasteiger partial charge in [0.05, 0.1) is 6.04 Å². The molecule has 0 aliphatic carbocycles. The third kappa shape index (κ3) is 5.05. The van der Waals surface area contributed by atoms with Gasteiger partial charge in [0, 0.05) is 42.3 Å². The summed E-state index contributed by atoms with van der Waals surface area (Å²) in [5.74, 6) is -0.119. The molecule has 3 rings (SSSR count). The van der Waals surface area contributed by atoms with Gasteiger partial charge >= 0.3 is 6.09 Å². The van der Waals surface area contributed by atoms with Gasteiger partial charge in [-0.1, -0.05) is 25.4 Å². The first-order valence-corrected chi connectivity index (χ1v) is 9.86. The van der Waals surface area contributed by atoms with Gasteiger partial charge in [0.2, 0.25) is 0 Å². The van der Waals surface area contributed by atoms with E-state index >= 15 is 0 Å². The normalized spacial score (nSPS) is 19.7. The van der Waals surface area contributed by atoms with Crippen molar-refractivity contribution in [3.63, 3.8) is 0 Å². The van der Waals surface area contributed by atoms with E-state index in [2.05, 4.69) is 4.90 Å². The molecule has 152 valence electrons. The van der Waals surface area contributed by atoms with Crippen molar-refractivity contribution in [2.75, 3.05) is 26.2 Å². The highest BCUT2D eigenvalue weighted by Gasteiger charge is 2.35. The lowest BCUT2D eigenvalue weighted by atomic mass is 10.1. The van der Waals surface area contributed by atoms with Gasteiger partial charge in [-0.25, -0.2) is 9.18 Å². The van der Waals surface area contributed by atoms with E-state index < -0.39 is 11.4 Å². The maximum absolute atomic E-state index is 14.5. The van der Waals surface area contributed by atoms with Crippen molar-refractivity contribution < 1.29 is 18.7 Å². The zero-order chi connectivity index (χ0) is 20.4. The summed E-state index contributed by atoms with van der Waals surface area (Å²) in [5.41, 5.74) is 0.624. The van der Waals surface area contributed by atoms with Crippen LogP contribution in [-0.4, -0.2) is 53.8 Å². The maximum Gasteiger partial charge on any atom is 0.410 e. The van der Waals surface area contributed by atoms with Gasteiger partial charge in [-0.15, -0.1) is 0 Å². The van der Waals surface area contributed by atoms with Crippen LogP contribution >= 0.6 is 11.6 Å². The highest BCUT2D eigenvalue weighted by molar-refractivity contribution is 6.31. The van der Waals surface area contributed by atoms with Crippen molar-refractivity contribution >= 4 is 17.7 Å². The molecule has 1 amide bonds. The second-order valence-electron chi connectivity index (χ2n) is 7.65. The lowest BCUT2D eigenvalue weighted by molar-refractivity contribution is -0.00164. The van der Waals surface area contributed by atoms with Crippen LogP contribution in [0.4, 0.5) is 9.18 Å². The van der Waals surface area contributed by atoms with Crippen LogP contribution < -0.4 is 4.74 Å². The highest BCUT2D eigenvalue weighted by Crippen LogP contribution is 2.35. The van der Waals surface area contributed by atoms with Crippen LogP contribution in [0, 0.1) is 12.7 Å². The van der Waals surface area contributed by atoms with Crippen LogP contribution in [0.25, 0.3) is 0 Å². The topological polar surface area (TPSA) is 42.0 Å². The van der Waals surface area contributed by atoms with Gasteiger partial charge in [0.25, 0.3) is 0 Å². The van der Waals surface area contributed by atoms with Gasteiger partial charge in [0.15, 0.2) is 11.6 Å². The Balaban J connectivity index is 0.00000126. The van der Waals surface area contributed by atoms with Crippen LogP contribution in [0.2, 0.25) is 5.02 Å². The average molecular weight is 401 g/mol. The minimum atomic E-state index is -0.526. The summed E-state index contributed by atoms with van der Waals surface area (Å²) in [6, 6.07) is 1.77. The van der Waals surface area contributed by atoms with E-state index in [0.717, 1.165) is 5.56 Å². The molecule has 2 heterocycles.